The number of nitrogens with one attached hydrogen (secondary N) is 2. The van der Waals surface area contributed by atoms with E-state index < -0.39 is 5.76 Å². The van der Waals surface area contributed by atoms with Crippen molar-refractivity contribution in [1.82, 2.24) is 9.88 Å². The molecule has 1 saturated heterocycles. The number of likely N-dealkylation sites (tertiary alicyclic amines) is 1. The molecule has 7 nitrogen and oxygen atoms in total. The van der Waals surface area contributed by atoms with Crippen molar-refractivity contribution in [3.05, 3.63) is 28.7 Å². The lowest BCUT2D eigenvalue weighted by Crippen LogP contribution is -2.38. The average molecular weight is 343 g/mol. The number of nitrogens with zero attached hydrogens (tertiary/aromatic N) is 1. The minimum atomic E-state index is -0.525. The number of fused-ring (bicyclic) bond motifs is 1. The van der Waals surface area contributed by atoms with Crippen LogP contribution in [0, 0.1) is 5.92 Å². The van der Waals surface area contributed by atoms with E-state index >= 15 is 0 Å². The third-order valence-corrected chi connectivity index (χ3v) is 5.23. The molecule has 1 aromatic heterocycles. The minimum Gasteiger partial charge on any atom is -0.408 e. The Morgan fingerprint density at radius 2 is 2.00 bits per heavy atom. The second-order valence-corrected chi connectivity index (χ2v) is 6.95. The summed E-state index contributed by atoms with van der Waals surface area (Å²) < 4.78 is 5.00. The zero-order valence-electron chi connectivity index (χ0n) is 13.9. The molecule has 0 bridgehead atoms. The SMILES string of the molecule is O=C(Nc1ccc2[nH]c(=O)oc2c1)C1CC(=O)N(C2CCCCC2)C1. The highest BCUT2D eigenvalue weighted by Gasteiger charge is 2.38. The fraction of sp³-hybridized carbons (Fsp3) is 0.500. The van der Waals surface area contributed by atoms with Crippen molar-refractivity contribution in [2.45, 2.75) is 44.6 Å². The molecule has 2 amide bonds. The Labute approximate surface area is 144 Å². The van der Waals surface area contributed by atoms with Crippen LogP contribution in [0.4, 0.5) is 5.69 Å². The van der Waals surface area contributed by atoms with Crippen LogP contribution in [-0.4, -0.2) is 34.3 Å². The smallest absolute Gasteiger partial charge is 0.408 e. The minimum absolute atomic E-state index is 0.0825. The first-order chi connectivity index (χ1) is 12.1. The third-order valence-electron chi connectivity index (χ3n) is 5.23. The molecule has 0 radical (unpaired) electrons. The van der Waals surface area contributed by atoms with Crippen LogP contribution in [0.3, 0.4) is 0 Å². The van der Waals surface area contributed by atoms with Crippen molar-refractivity contribution in [1.29, 1.82) is 0 Å². The lowest BCUT2D eigenvalue weighted by molar-refractivity contribution is -0.130. The van der Waals surface area contributed by atoms with Gasteiger partial charge in [0.05, 0.1) is 11.4 Å². The number of anilines is 1. The molecule has 1 aliphatic carbocycles. The molecular formula is C18H21N3O4. The van der Waals surface area contributed by atoms with Gasteiger partial charge in [0.1, 0.15) is 0 Å². The van der Waals surface area contributed by atoms with Crippen molar-refractivity contribution in [2.75, 3.05) is 11.9 Å². The zero-order chi connectivity index (χ0) is 17.4. The number of hydrogen-bond acceptors (Lipinski definition) is 4. The van der Waals surface area contributed by atoms with Gasteiger partial charge >= 0.3 is 5.76 Å². The number of carbonyl (C=O) groups is 2. The van der Waals surface area contributed by atoms with Crippen molar-refractivity contribution in [2.24, 2.45) is 5.92 Å². The quantitative estimate of drug-likeness (QED) is 0.893. The number of aromatic amines is 1. The monoisotopic (exact) mass is 343 g/mol. The first-order valence-corrected chi connectivity index (χ1v) is 8.83. The van der Waals surface area contributed by atoms with Gasteiger partial charge in [-0.25, -0.2) is 4.79 Å². The molecule has 2 aliphatic rings. The number of benzene rings is 1. The highest BCUT2D eigenvalue weighted by molar-refractivity contribution is 5.98. The molecule has 2 N–H and O–H groups in total. The highest BCUT2D eigenvalue weighted by Crippen LogP contribution is 2.29. The van der Waals surface area contributed by atoms with Gasteiger partial charge in [0.25, 0.3) is 0 Å². The average Bonchev–Trinajstić information content (AvgIpc) is 3.17. The predicted octanol–water partition coefficient (Wildman–Crippen LogP) is 2.24. The van der Waals surface area contributed by atoms with Gasteiger partial charge in [0, 0.05) is 30.8 Å². The molecule has 2 aromatic rings. The van der Waals surface area contributed by atoms with Gasteiger partial charge in [0.2, 0.25) is 11.8 Å². The van der Waals surface area contributed by atoms with Crippen LogP contribution in [0.5, 0.6) is 0 Å². The Hall–Kier alpha value is -2.57. The van der Waals surface area contributed by atoms with Crippen LogP contribution in [0.25, 0.3) is 11.1 Å². The molecule has 1 aromatic carbocycles. The van der Waals surface area contributed by atoms with Crippen molar-refractivity contribution in [3.8, 4) is 0 Å². The molecule has 1 aliphatic heterocycles. The Balaban J connectivity index is 1.43. The Morgan fingerprint density at radius 3 is 2.80 bits per heavy atom. The van der Waals surface area contributed by atoms with Crippen molar-refractivity contribution < 1.29 is 14.0 Å². The summed E-state index contributed by atoms with van der Waals surface area (Å²) in [5, 5.41) is 2.84. The first kappa shape index (κ1) is 15.9. The fourth-order valence-electron chi connectivity index (χ4n) is 3.92. The van der Waals surface area contributed by atoms with E-state index in [1.54, 1.807) is 18.2 Å². The third kappa shape index (κ3) is 3.18. The maximum Gasteiger partial charge on any atom is 0.417 e. The van der Waals surface area contributed by atoms with E-state index in [1.807, 2.05) is 4.90 Å². The molecule has 0 spiro atoms. The molecule has 2 fully saturated rings. The molecule has 4 rings (SSSR count). The number of hydrogen-bond donors (Lipinski definition) is 2. The van der Waals surface area contributed by atoms with E-state index in [-0.39, 0.29) is 24.2 Å². The summed E-state index contributed by atoms with van der Waals surface area (Å²) in [5.74, 6) is -0.936. The number of oxazole rings is 1. The molecule has 7 heteroatoms. The largest absolute Gasteiger partial charge is 0.417 e. The van der Waals surface area contributed by atoms with Gasteiger partial charge in [-0.15, -0.1) is 0 Å². The first-order valence-electron chi connectivity index (χ1n) is 8.83. The molecule has 1 atom stereocenters. The van der Waals surface area contributed by atoms with E-state index in [2.05, 4.69) is 10.3 Å². The Kier molecular flexibility index (Phi) is 4.07. The zero-order valence-corrected chi connectivity index (χ0v) is 13.9. The molecule has 1 saturated carbocycles. The molecule has 132 valence electrons. The predicted molar refractivity (Wildman–Crippen MR) is 92.2 cm³/mol. The summed E-state index contributed by atoms with van der Waals surface area (Å²) in [6.07, 6.45) is 5.91. The van der Waals surface area contributed by atoms with E-state index in [0.717, 1.165) is 25.7 Å². The number of carbonyl (C=O) groups excluding carboxylic acids is 2. The van der Waals surface area contributed by atoms with Gasteiger partial charge in [0.15, 0.2) is 5.58 Å². The van der Waals surface area contributed by atoms with Gasteiger partial charge in [-0.05, 0) is 25.0 Å². The van der Waals surface area contributed by atoms with Gasteiger partial charge in [-0.3, -0.25) is 14.6 Å². The van der Waals surface area contributed by atoms with Crippen molar-refractivity contribution in [3.63, 3.8) is 0 Å². The van der Waals surface area contributed by atoms with Crippen molar-refractivity contribution >= 4 is 28.6 Å². The van der Waals surface area contributed by atoms with Gasteiger partial charge < -0.3 is 14.6 Å². The number of aromatic nitrogens is 1. The maximum absolute atomic E-state index is 12.5. The topological polar surface area (TPSA) is 95.4 Å². The number of amides is 2. The van der Waals surface area contributed by atoms with Crippen LogP contribution in [-0.2, 0) is 9.59 Å². The van der Waals surface area contributed by atoms with Crippen LogP contribution in [0.1, 0.15) is 38.5 Å². The lowest BCUT2D eigenvalue weighted by Gasteiger charge is -2.31. The Bertz CT molecular complexity index is 863. The second-order valence-electron chi connectivity index (χ2n) is 6.95. The van der Waals surface area contributed by atoms with E-state index in [4.69, 9.17) is 4.42 Å². The summed E-state index contributed by atoms with van der Waals surface area (Å²) in [6.45, 7) is 0.497. The molecule has 2 heterocycles. The van der Waals surface area contributed by atoms with Gasteiger partial charge in [-0.1, -0.05) is 19.3 Å². The summed E-state index contributed by atoms with van der Waals surface area (Å²) in [7, 11) is 0. The lowest BCUT2D eigenvalue weighted by atomic mass is 9.94. The summed E-state index contributed by atoms with van der Waals surface area (Å²) in [4.78, 5) is 40.5. The number of rotatable bonds is 3. The van der Waals surface area contributed by atoms with Crippen LogP contribution in [0.2, 0.25) is 0 Å². The van der Waals surface area contributed by atoms with Gasteiger partial charge in [-0.2, -0.15) is 0 Å². The molecule has 1 unspecified atom stereocenters. The molecule has 25 heavy (non-hydrogen) atoms. The van der Waals surface area contributed by atoms with E-state index in [0.29, 0.717) is 29.4 Å². The summed E-state index contributed by atoms with van der Waals surface area (Å²) in [5.41, 5.74) is 1.54. The summed E-state index contributed by atoms with van der Waals surface area (Å²) >= 11 is 0. The Morgan fingerprint density at radius 1 is 1.20 bits per heavy atom. The maximum atomic E-state index is 12.5. The van der Waals surface area contributed by atoms with Crippen LogP contribution < -0.4 is 11.1 Å². The van der Waals surface area contributed by atoms with Crippen LogP contribution >= 0.6 is 0 Å². The fourth-order valence-corrected chi connectivity index (χ4v) is 3.92. The standard InChI is InChI=1S/C18H21N3O4/c22-16-8-11(10-21(16)13-4-2-1-3-5-13)17(23)19-12-6-7-14-15(9-12)25-18(24)20-14/h6-7,9,11,13H,1-5,8,10H2,(H,19,23)(H,20,24). The number of H-pyrrole nitrogens is 1. The van der Waals surface area contributed by atoms with E-state index in [1.165, 1.54) is 6.42 Å². The highest BCUT2D eigenvalue weighted by atomic mass is 16.4. The molecular weight excluding hydrogens is 322 g/mol. The normalized spacial score (nSPS) is 21.8. The second kappa shape index (κ2) is 6.38. The summed E-state index contributed by atoms with van der Waals surface area (Å²) in [6, 6.07) is 5.30. The van der Waals surface area contributed by atoms with E-state index in [9.17, 15) is 14.4 Å². The van der Waals surface area contributed by atoms with Crippen LogP contribution in [0.15, 0.2) is 27.4 Å².